The summed E-state index contributed by atoms with van der Waals surface area (Å²) in [5, 5.41) is 0. The van der Waals surface area contributed by atoms with E-state index in [9.17, 15) is 16.8 Å². The SMILES string of the molecule is CO[C@@H]1O[C@@H]2CO[C@H](c3ccccc3)O[C@@H]2[C@H](OS(=O)(=O)c2ccc(C)cc2)[C@H]1OS(=O)(=O)c1ccccc1. The fourth-order valence-corrected chi connectivity index (χ4v) is 6.61. The minimum absolute atomic E-state index is 0.00663. The summed E-state index contributed by atoms with van der Waals surface area (Å²) in [4.78, 5) is -0.237. The number of aryl methyl sites for hydroxylation is 1. The van der Waals surface area contributed by atoms with Crippen molar-refractivity contribution >= 4 is 20.2 Å². The number of hydrogen-bond donors (Lipinski definition) is 0. The normalized spacial score (nSPS) is 27.5. The Morgan fingerprint density at radius 1 is 0.718 bits per heavy atom. The number of hydrogen-bond acceptors (Lipinski definition) is 10. The van der Waals surface area contributed by atoms with Crippen LogP contribution in [0.2, 0.25) is 0 Å². The maximum Gasteiger partial charge on any atom is 0.297 e. The number of methoxy groups -OCH3 is 1. The lowest BCUT2D eigenvalue weighted by atomic mass is 9.98. The molecule has 0 saturated carbocycles. The van der Waals surface area contributed by atoms with Gasteiger partial charge in [-0.3, -0.25) is 8.37 Å². The second-order valence-electron chi connectivity index (χ2n) is 9.11. The van der Waals surface area contributed by atoms with Crippen LogP contribution in [0, 0.1) is 6.92 Å². The summed E-state index contributed by atoms with van der Waals surface area (Å²) in [6.45, 7) is 1.83. The van der Waals surface area contributed by atoms with Crippen LogP contribution in [0.3, 0.4) is 0 Å². The number of rotatable bonds is 8. The molecular weight excluding hydrogens is 548 g/mol. The Labute approximate surface area is 227 Å². The van der Waals surface area contributed by atoms with Crippen molar-refractivity contribution in [1.82, 2.24) is 0 Å². The Balaban J connectivity index is 1.53. The van der Waals surface area contributed by atoms with Crippen LogP contribution in [0.4, 0.5) is 0 Å². The van der Waals surface area contributed by atoms with Crippen molar-refractivity contribution in [3.8, 4) is 0 Å². The molecule has 2 fully saturated rings. The van der Waals surface area contributed by atoms with Crippen LogP contribution >= 0.6 is 0 Å². The number of benzene rings is 3. The molecule has 3 aromatic rings. The molecule has 2 aliphatic heterocycles. The van der Waals surface area contributed by atoms with E-state index in [0.29, 0.717) is 5.56 Å². The molecule has 39 heavy (non-hydrogen) atoms. The van der Waals surface area contributed by atoms with E-state index in [4.69, 9.17) is 27.3 Å². The van der Waals surface area contributed by atoms with Crippen molar-refractivity contribution in [2.75, 3.05) is 13.7 Å². The monoisotopic (exact) mass is 576 g/mol. The topological polar surface area (TPSA) is 124 Å². The van der Waals surface area contributed by atoms with E-state index in [-0.39, 0.29) is 16.4 Å². The van der Waals surface area contributed by atoms with Gasteiger partial charge in [0.25, 0.3) is 20.2 Å². The molecule has 12 heteroatoms. The van der Waals surface area contributed by atoms with Gasteiger partial charge in [-0.05, 0) is 31.2 Å². The van der Waals surface area contributed by atoms with Crippen molar-refractivity contribution in [3.63, 3.8) is 0 Å². The van der Waals surface area contributed by atoms with Gasteiger partial charge in [0.05, 0.1) is 16.4 Å². The summed E-state index contributed by atoms with van der Waals surface area (Å²) in [6, 6.07) is 22.6. The highest BCUT2D eigenvalue weighted by Gasteiger charge is 2.54. The zero-order valence-corrected chi connectivity index (χ0v) is 22.8. The Morgan fingerprint density at radius 2 is 1.28 bits per heavy atom. The molecule has 2 aliphatic rings. The summed E-state index contributed by atoms with van der Waals surface area (Å²) < 4.78 is 88.0. The molecule has 0 spiro atoms. The van der Waals surface area contributed by atoms with E-state index in [0.717, 1.165) is 5.56 Å². The van der Waals surface area contributed by atoms with Crippen LogP contribution in [0.15, 0.2) is 94.7 Å². The molecule has 3 aromatic carbocycles. The molecule has 6 atom stereocenters. The highest BCUT2D eigenvalue weighted by atomic mass is 32.2. The van der Waals surface area contributed by atoms with Gasteiger partial charge >= 0.3 is 0 Å². The number of ether oxygens (including phenoxy) is 4. The van der Waals surface area contributed by atoms with Gasteiger partial charge in [-0.25, -0.2) is 0 Å². The lowest BCUT2D eigenvalue weighted by molar-refractivity contribution is -0.351. The average molecular weight is 577 g/mol. The molecule has 0 N–H and O–H groups in total. The molecule has 0 bridgehead atoms. The van der Waals surface area contributed by atoms with Crippen molar-refractivity contribution in [2.24, 2.45) is 0 Å². The van der Waals surface area contributed by atoms with Crippen LogP contribution in [0.25, 0.3) is 0 Å². The predicted octanol–water partition coefficient (Wildman–Crippen LogP) is 3.33. The highest BCUT2D eigenvalue weighted by molar-refractivity contribution is 7.87. The lowest BCUT2D eigenvalue weighted by Gasteiger charge is -2.47. The first-order chi connectivity index (χ1) is 18.7. The first-order valence-corrected chi connectivity index (χ1v) is 15.0. The van der Waals surface area contributed by atoms with Gasteiger partial charge in [0.2, 0.25) is 0 Å². The van der Waals surface area contributed by atoms with Gasteiger partial charge < -0.3 is 18.9 Å². The van der Waals surface area contributed by atoms with Crippen LogP contribution in [-0.4, -0.2) is 61.3 Å². The third-order valence-electron chi connectivity index (χ3n) is 6.40. The molecule has 2 heterocycles. The van der Waals surface area contributed by atoms with Crippen molar-refractivity contribution in [1.29, 1.82) is 0 Å². The molecule has 0 unspecified atom stereocenters. The Bertz CT molecular complexity index is 1460. The van der Waals surface area contributed by atoms with Gasteiger partial charge in [-0.2, -0.15) is 16.8 Å². The number of fused-ring (bicyclic) bond motifs is 1. The van der Waals surface area contributed by atoms with Crippen LogP contribution in [-0.2, 0) is 47.5 Å². The smallest absolute Gasteiger partial charge is 0.297 e. The zero-order valence-electron chi connectivity index (χ0n) is 21.2. The fraction of sp³-hybridized carbons (Fsp3) is 0.333. The van der Waals surface area contributed by atoms with Crippen molar-refractivity contribution in [3.05, 3.63) is 96.1 Å². The van der Waals surface area contributed by atoms with Crippen molar-refractivity contribution in [2.45, 2.75) is 53.7 Å². The maximum absolute atomic E-state index is 13.4. The third kappa shape index (κ3) is 6.08. The van der Waals surface area contributed by atoms with E-state index < -0.39 is 57.2 Å². The Morgan fingerprint density at radius 3 is 1.90 bits per heavy atom. The van der Waals surface area contributed by atoms with Crippen LogP contribution in [0.1, 0.15) is 17.4 Å². The van der Waals surface area contributed by atoms with E-state index in [1.807, 2.05) is 13.0 Å². The first-order valence-electron chi connectivity index (χ1n) is 12.2. The predicted molar refractivity (Wildman–Crippen MR) is 137 cm³/mol. The maximum atomic E-state index is 13.4. The van der Waals surface area contributed by atoms with E-state index in [2.05, 4.69) is 0 Å². The second-order valence-corrected chi connectivity index (χ2v) is 12.3. The summed E-state index contributed by atoms with van der Waals surface area (Å²) in [7, 11) is -7.50. The lowest BCUT2D eigenvalue weighted by Crippen LogP contribution is -2.64. The van der Waals surface area contributed by atoms with Gasteiger partial charge in [-0.15, -0.1) is 0 Å². The first kappa shape index (κ1) is 27.9. The summed E-state index contributed by atoms with van der Waals surface area (Å²) in [6.07, 6.45) is -7.15. The van der Waals surface area contributed by atoms with Crippen molar-refractivity contribution < 1.29 is 44.1 Å². The molecule has 208 valence electrons. The minimum atomic E-state index is -4.40. The van der Waals surface area contributed by atoms with Crippen LogP contribution in [0.5, 0.6) is 0 Å². The zero-order chi connectivity index (χ0) is 27.6. The average Bonchev–Trinajstić information content (AvgIpc) is 2.95. The molecule has 0 radical (unpaired) electrons. The molecule has 0 aromatic heterocycles. The summed E-state index contributed by atoms with van der Waals surface area (Å²) in [5.74, 6) is 0. The molecule has 5 rings (SSSR count). The highest BCUT2D eigenvalue weighted by Crippen LogP contribution is 2.38. The van der Waals surface area contributed by atoms with Gasteiger partial charge in [0, 0.05) is 12.7 Å². The van der Waals surface area contributed by atoms with E-state index in [1.165, 1.54) is 31.4 Å². The summed E-state index contributed by atoms with van der Waals surface area (Å²) in [5.41, 5.74) is 1.53. The molecular formula is C27H28O10S2. The minimum Gasteiger partial charge on any atom is -0.353 e. The molecule has 2 saturated heterocycles. The molecule has 0 amide bonds. The van der Waals surface area contributed by atoms with Crippen LogP contribution < -0.4 is 0 Å². The quantitative estimate of drug-likeness (QED) is 0.369. The van der Waals surface area contributed by atoms with Gasteiger partial charge in [-0.1, -0.05) is 66.2 Å². The van der Waals surface area contributed by atoms with Gasteiger partial charge in [0.15, 0.2) is 18.7 Å². The standard InChI is InChI=1S/C27H28O10S2/c1-18-13-15-21(16-14-18)39(30,31)36-24-23-22(17-33-26(35-23)19-9-5-3-6-10-19)34-27(32-2)25(24)37-38(28,29)20-11-7-4-8-12-20/h3-16,22-27H,17H2,1-2H3/t22-,23+,24+,25-,26+,27-/m1/s1. The van der Waals surface area contributed by atoms with E-state index >= 15 is 0 Å². The second kappa shape index (κ2) is 11.4. The molecule has 10 nitrogen and oxygen atoms in total. The van der Waals surface area contributed by atoms with Gasteiger partial charge in [0.1, 0.15) is 18.3 Å². The Kier molecular flexibility index (Phi) is 8.17. The van der Waals surface area contributed by atoms with E-state index in [1.54, 1.807) is 54.6 Å². The summed E-state index contributed by atoms with van der Waals surface area (Å²) >= 11 is 0. The third-order valence-corrected chi connectivity index (χ3v) is 9.06. The Hall–Kier alpha value is -2.68. The fourth-order valence-electron chi connectivity index (χ4n) is 4.42. The molecule has 0 aliphatic carbocycles. The largest absolute Gasteiger partial charge is 0.353 e.